The van der Waals surface area contributed by atoms with Crippen molar-refractivity contribution in [2.45, 2.75) is 33.3 Å². The standard InChI is InChI=1S/C35H39FN4O7S.CHN.H2/c1-7-40(48(6,44)45)28-21-29-27(30(32(41)37-5)31(46-29)22-11-13-25(36)14-12-22)20-26(28)23-9-8-10-24(19-23)33(42)38-15-17-39(18-16-38)34(43)47-35(2,3)4;1-2;/h8-14,19-21H,7,15-18H2,1-6H3,(H,37,41);1H;1H. The predicted molar refractivity (Wildman–Crippen MR) is 191 cm³/mol. The van der Waals surface area contributed by atoms with Crippen molar-refractivity contribution in [2.75, 3.05) is 50.3 Å². The molecule has 0 radical (unpaired) electrons. The van der Waals surface area contributed by atoms with E-state index in [1.54, 1.807) is 73.9 Å². The van der Waals surface area contributed by atoms with Gasteiger partial charge in [0, 0.05) is 75.9 Å². The summed E-state index contributed by atoms with van der Waals surface area (Å²) in [7, 11) is -2.28. The molecule has 0 spiro atoms. The summed E-state index contributed by atoms with van der Waals surface area (Å²) in [6, 6.07) is 15.6. The molecule has 266 valence electrons. The summed E-state index contributed by atoms with van der Waals surface area (Å²) in [5.74, 6) is -0.945. The van der Waals surface area contributed by atoms with Gasteiger partial charge in [-0.15, -0.1) is 0 Å². The quantitative estimate of drug-likeness (QED) is 0.241. The van der Waals surface area contributed by atoms with Crippen molar-refractivity contribution in [3.63, 3.8) is 0 Å². The molecule has 2 heterocycles. The number of benzene rings is 3. The molecule has 1 N–H and O–H groups in total. The number of sulfonamides is 1. The van der Waals surface area contributed by atoms with Gasteiger partial charge in [0.25, 0.3) is 11.8 Å². The zero-order valence-corrected chi connectivity index (χ0v) is 29.6. The molecule has 1 fully saturated rings. The Morgan fingerprint density at radius 1 is 1.00 bits per heavy atom. The van der Waals surface area contributed by atoms with Crippen LogP contribution in [0, 0.1) is 17.7 Å². The maximum Gasteiger partial charge on any atom is 0.410 e. The predicted octanol–water partition coefficient (Wildman–Crippen LogP) is 6.13. The van der Waals surface area contributed by atoms with E-state index in [4.69, 9.17) is 14.4 Å². The van der Waals surface area contributed by atoms with Crippen molar-refractivity contribution < 1.29 is 37.8 Å². The van der Waals surface area contributed by atoms with Gasteiger partial charge < -0.3 is 24.3 Å². The van der Waals surface area contributed by atoms with Crippen LogP contribution < -0.4 is 9.62 Å². The van der Waals surface area contributed by atoms with E-state index >= 15 is 0 Å². The molecule has 3 aromatic carbocycles. The maximum absolute atomic E-state index is 13.8. The number of carbonyl (C=O) groups is 3. The van der Waals surface area contributed by atoms with Crippen LogP contribution in [-0.2, 0) is 14.8 Å². The molecule has 0 atom stereocenters. The normalized spacial score (nSPS) is 13.3. The van der Waals surface area contributed by atoms with E-state index in [0.29, 0.717) is 59.5 Å². The number of ether oxygens (including phenoxy) is 1. The number of nitrogens with one attached hydrogen (secondary N) is 1. The third-order valence-electron chi connectivity index (χ3n) is 7.96. The Labute approximate surface area is 292 Å². The number of rotatable bonds is 7. The lowest BCUT2D eigenvalue weighted by molar-refractivity contribution is 0.0141. The second kappa shape index (κ2) is 15.0. The Hall–Kier alpha value is -5.42. The highest BCUT2D eigenvalue weighted by Crippen LogP contribution is 2.42. The first-order valence-electron chi connectivity index (χ1n) is 15.8. The van der Waals surface area contributed by atoms with Crippen molar-refractivity contribution in [1.29, 1.82) is 5.26 Å². The number of furan rings is 1. The topological polar surface area (TPSA) is 153 Å². The molecule has 1 saturated heterocycles. The first kappa shape index (κ1) is 37.4. The van der Waals surface area contributed by atoms with Gasteiger partial charge in [0.15, 0.2) is 0 Å². The molecule has 0 aliphatic carbocycles. The molecule has 1 aliphatic rings. The van der Waals surface area contributed by atoms with Crippen LogP contribution >= 0.6 is 0 Å². The van der Waals surface area contributed by atoms with Crippen LogP contribution in [0.3, 0.4) is 0 Å². The van der Waals surface area contributed by atoms with Crippen molar-refractivity contribution in [3.8, 4) is 29.0 Å². The average molecular weight is 708 g/mol. The number of piperazine rings is 1. The second-order valence-corrected chi connectivity index (χ2v) is 14.4. The molecule has 0 unspecified atom stereocenters. The number of nitrogens with zero attached hydrogens (tertiary/aromatic N) is 4. The number of amides is 3. The smallest absolute Gasteiger partial charge is 0.410 e. The lowest BCUT2D eigenvalue weighted by atomic mass is 9.97. The molecule has 14 heteroatoms. The van der Waals surface area contributed by atoms with Crippen molar-refractivity contribution in [1.82, 2.24) is 15.1 Å². The summed E-state index contributed by atoms with van der Waals surface area (Å²) in [6.07, 6.45) is 0.674. The van der Waals surface area contributed by atoms with Gasteiger partial charge in [-0.2, -0.15) is 0 Å². The minimum atomic E-state index is -3.76. The molecule has 50 heavy (non-hydrogen) atoms. The first-order valence-corrected chi connectivity index (χ1v) is 17.7. The summed E-state index contributed by atoms with van der Waals surface area (Å²) in [5, 5.41) is 9.54. The van der Waals surface area contributed by atoms with Crippen molar-refractivity contribution >= 4 is 44.6 Å². The molecule has 12 nitrogen and oxygen atoms in total. The number of fused-ring (bicyclic) bond motifs is 1. The van der Waals surface area contributed by atoms with Crippen molar-refractivity contribution in [2.24, 2.45) is 0 Å². The van der Waals surface area contributed by atoms with Crippen LogP contribution in [0.25, 0.3) is 33.4 Å². The monoisotopic (exact) mass is 707 g/mol. The number of carbonyl (C=O) groups excluding carboxylic acids is 3. The molecular formula is C36H42FN5O7S. The number of nitriles is 1. The van der Waals surface area contributed by atoms with Gasteiger partial charge in [0.1, 0.15) is 22.8 Å². The number of hydrogen-bond donors (Lipinski definition) is 1. The van der Waals surface area contributed by atoms with Crippen molar-refractivity contribution in [3.05, 3.63) is 77.6 Å². The summed E-state index contributed by atoms with van der Waals surface area (Å²) < 4.78 is 52.6. The van der Waals surface area contributed by atoms with Crippen LogP contribution in [0.5, 0.6) is 0 Å². The van der Waals surface area contributed by atoms with E-state index in [1.165, 1.54) is 35.6 Å². The zero-order valence-electron chi connectivity index (χ0n) is 28.8. The molecule has 1 aliphatic heterocycles. The van der Waals surface area contributed by atoms with Crippen LogP contribution in [0.15, 0.2) is 65.1 Å². The largest absolute Gasteiger partial charge is 0.455 e. The van der Waals surface area contributed by atoms with Gasteiger partial charge in [-0.25, -0.2) is 22.9 Å². The lowest BCUT2D eigenvalue weighted by Crippen LogP contribution is -2.51. The third-order valence-corrected chi connectivity index (χ3v) is 9.22. The second-order valence-electron chi connectivity index (χ2n) is 12.5. The minimum Gasteiger partial charge on any atom is -0.455 e. The molecule has 0 saturated carbocycles. The Morgan fingerprint density at radius 2 is 1.62 bits per heavy atom. The van der Waals surface area contributed by atoms with Crippen LogP contribution in [0.1, 0.15) is 49.8 Å². The molecule has 5 rings (SSSR count). The third kappa shape index (κ3) is 8.06. The van der Waals surface area contributed by atoms with Gasteiger partial charge in [-0.3, -0.25) is 13.9 Å². The minimum absolute atomic E-state index is 0. The van der Waals surface area contributed by atoms with Gasteiger partial charge >= 0.3 is 6.09 Å². The van der Waals surface area contributed by atoms with E-state index in [-0.39, 0.29) is 30.8 Å². The summed E-state index contributed by atoms with van der Waals surface area (Å²) in [5.41, 5.74) is 1.95. The molecular weight excluding hydrogens is 665 g/mol. The molecule has 3 amide bonds. The van der Waals surface area contributed by atoms with E-state index in [0.717, 1.165) is 6.26 Å². The highest BCUT2D eigenvalue weighted by molar-refractivity contribution is 7.92. The first-order chi connectivity index (χ1) is 23.6. The van der Waals surface area contributed by atoms with Gasteiger partial charge in [-0.1, -0.05) is 12.1 Å². The molecule has 0 bridgehead atoms. The Bertz CT molecular complexity index is 2030. The van der Waals surface area contributed by atoms with Crippen LogP contribution in [0.2, 0.25) is 0 Å². The molecule has 1 aromatic heterocycles. The van der Waals surface area contributed by atoms with Gasteiger partial charge in [0.2, 0.25) is 10.0 Å². The fourth-order valence-electron chi connectivity index (χ4n) is 5.73. The summed E-state index contributed by atoms with van der Waals surface area (Å²) in [6.45, 7) is 12.0. The summed E-state index contributed by atoms with van der Waals surface area (Å²) in [4.78, 5) is 42.7. The number of anilines is 1. The number of hydrogen-bond acceptors (Lipinski definition) is 8. The van der Waals surface area contributed by atoms with E-state index < -0.39 is 33.4 Å². The van der Waals surface area contributed by atoms with E-state index in [9.17, 15) is 27.2 Å². The Morgan fingerprint density at radius 3 is 2.18 bits per heavy atom. The fourth-order valence-corrected chi connectivity index (χ4v) is 6.71. The van der Waals surface area contributed by atoms with E-state index in [2.05, 4.69) is 11.9 Å². The summed E-state index contributed by atoms with van der Waals surface area (Å²) >= 11 is 0. The molecule has 4 aromatic rings. The Balaban J connectivity index is 0.00000230. The van der Waals surface area contributed by atoms with Gasteiger partial charge in [-0.05, 0) is 75.7 Å². The lowest BCUT2D eigenvalue weighted by Gasteiger charge is -2.35. The fraction of sp³-hybridized carbons (Fsp3) is 0.333. The highest BCUT2D eigenvalue weighted by Gasteiger charge is 2.30. The zero-order chi connectivity index (χ0) is 37.0. The van der Waals surface area contributed by atoms with Gasteiger partial charge in [0.05, 0.1) is 17.5 Å². The number of halogens is 1. The highest BCUT2D eigenvalue weighted by atomic mass is 32.2. The SMILES string of the molecule is C#N.CCN(c1cc2oc(-c3ccc(F)cc3)c(C(=O)NC)c2cc1-c1cccc(C(=O)N2CCN(C(=O)OC(C)(C)C)CC2)c1)S(C)(=O)=O.[HH]. The maximum atomic E-state index is 13.8. The van der Waals surface area contributed by atoms with Crippen LogP contribution in [-0.4, -0.2) is 87.8 Å². The Kier molecular flexibility index (Phi) is 11.2. The van der Waals surface area contributed by atoms with Crippen LogP contribution in [0.4, 0.5) is 14.9 Å². The van der Waals surface area contributed by atoms with E-state index in [1.807, 2.05) is 0 Å². The average Bonchev–Trinajstić information content (AvgIpc) is 3.46.